The number of methoxy groups -OCH3 is 1. The minimum Gasteiger partial charge on any atom is -0.493 e. The predicted molar refractivity (Wildman–Crippen MR) is 109 cm³/mol. The van der Waals surface area contributed by atoms with Crippen LogP contribution in [0.2, 0.25) is 0 Å². The lowest BCUT2D eigenvalue weighted by Gasteiger charge is -2.09. The standard InChI is InChI=1S/C22H23NO6/c1-4-28-19-11-9-16(13-20(19)27-3)10-12-22(26)29-14-21(25)23-18-8-6-5-7-17(18)15(2)24/h5-13H,4,14H2,1-3H3,(H,23,25)/b12-10+. The van der Waals surface area contributed by atoms with E-state index in [2.05, 4.69) is 5.32 Å². The quantitative estimate of drug-likeness (QED) is 0.396. The van der Waals surface area contributed by atoms with Crippen molar-refractivity contribution in [2.24, 2.45) is 0 Å². The summed E-state index contributed by atoms with van der Waals surface area (Å²) < 4.78 is 15.6. The molecule has 0 bridgehead atoms. The molecule has 0 atom stereocenters. The number of anilines is 1. The smallest absolute Gasteiger partial charge is 0.331 e. The summed E-state index contributed by atoms with van der Waals surface area (Å²) in [6.45, 7) is 3.32. The van der Waals surface area contributed by atoms with E-state index in [1.54, 1.807) is 48.5 Å². The molecule has 0 radical (unpaired) electrons. The summed E-state index contributed by atoms with van der Waals surface area (Å²) in [6, 6.07) is 11.8. The van der Waals surface area contributed by atoms with Gasteiger partial charge in [-0.15, -0.1) is 0 Å². The molecule has 2 aromatic carbocycles. The Morgan fingerprint density at radius 1 is 1.07 bits per heavy atom. The lowest BCUT2D eigenvalue weighted by Crippen LogP contribution is -2.21. The zero-order valence-electron chi connectivity index (χ0n) is 16.6. The second kappa shape index (κ2) is 10.7. The number of carbonyl (C=O) groups is 3. The number of ketones is 1. The van der Waals surface area contributed by atoms with Crippen LogP contribution in [0.1, 0.15) is 29.8 Å². The number of para-hydroxylation sites is 1. The summed E-state index contributed by atoms with van der Waals surface area (Å²) in [4.78, 5) is 35.4. The Balaban J connectivity index is 1.91. The summed E-state index contributed by atoms with van der Waals surface area (Å²) >= 11 is 0. The second-order valence-corrected chi connectivity index (χ2v) is 5.93. The summed E-state index contributed by atoms with van der Waals surface area (Å²) in [5, 5.41) is 2.56. The molecule has 0 fully saturated rings. The molecule has 0 unspecified atom stereocenters. The van der Waals surface area contributed by atoms with Crippen LogP contribution in [0.25, 0.3) is 6.08 Å². The first-order valence-corrected chi connectivity index (χ1v) is 9.00. The fraction of sp³-hybridized carbons (Fsp3) is 0.227. The van der Waals surface area contributed by atoms with Gasteiger partial charge in [0.15, 0.2) is 23.9 Å². The fourth-order valence-corrected chi connectivity index (χ4v) is 2.50. The number of carbonyl (C=O) groups excluding carboxylic acids is 3. The molecule has 0 spiro atoms. The van der Waals surface area contributed by atoms with Gasteiger partial charge in [-0.3, -0.25) is 9.59 Å². The Hall–Kier alpha value is -3.61. The van der Waals surface area contributed by atoms with Crippen molar-refractivity contribution < 1.29 is 28.6 Å². The van der Waals surface area contributed by atoms with Gasteiger partial charge in [0.1, 0.15) is 0 Å². The maximum Gasteiger partial charge on any atom is 0.331 e. The molecule has 2 rings (SSSR count). The first-order chi connectivity index (χ1) is 13.9. The van der Waals surface area contributed by atoms with Crippen molar-refractivity contribution in [1.82, 2.24) is 0 Å². The van der Waals surface area contributed by atoms with Gasteiger partial charge in [0.25, 0.3) is 5.91 Å². The van der Waals surface area contributed by atoms with Gasteiger partial charge in [-0.1, -0.05) is 18.2 Å². The van der Waals surface area contributed by atoms with Crippen molar-refractivity contribution >= 4 is 29.4 Å². The summed E-state index contributed by atoms with van der Waals surface area (Å²) in [5.41, 5.74) is 1.47. The molecule has 0 saturated carbocycles. The van der Waals surface area contributed by atoms with Crippen molar-refractivity contribution in [1.29, 1.82) is 0 Å². The topological polar surface area (TPSA) is 90.9 Å². The first-order valence-electron chi connectivity index (χ1n) is 9.00. The van der Waals surface area contributed by atoms with Crippen LogP contribution in [-0.4, -0.2) is 38.0 Å². The number of hydrogen-bond donors (Lipinski definition) is 1. The number of rotatable bonds is 9. The SMILES string of the molecule is CCOc1ccc(/C=C/C(=O)OCC(=O)Nc2ccccc2C(C)=O)cc1OC. The molecule has 0 heterocycles. The van der Waals surface area contributed by atoms with E-state index in [-0.39, 0.29) is 5.78 Å². The normalized spacial score (nSPS) is 10.4. The molecule has 2 aromatic rings. The van der Waals surface area contributed by atoms with Crippen LogP contribution in [0.5, 0.6) is 11.5 Å². The highest BCUT2D eigenvalue weighted by Gasteiger charge is 2.11. The summed E-state index contributed by atoms with van der Waals surface area (Å²) in [6.07, 6.45) is 2.76. The Bertz CT molecular complexity index is 919. The van der Waals surface area contributed by atoms with Crippen LogP contribution in [0.3, 0.4) is 0 Å². The van der Waals surface area contributed by atoms with Crippen molar-refractivity contribution in [3.8, 4) is 11.5 Å². The molecule has 1 amide bonds. The molecule has 29 heavy (non-hydrogen) atoms. The minimum atomic E-state index is -0.673. The van der Waals surface area contributed by atoms with Crippen molar-refractivity contribution in [3.63, 3.8) is 0 Å². The molecule has 152 valence electrons. The minimum absolute atomic E-state index is 0.174. The average molecular weight is 397 g/mol. The molecule has 0 aliphatic carbocycles. The van der Waals surface area contributed by atoms with E-state index >= 15 is 0 Å². The molecule has 0 aliphatic heterocycles. The van der Waals surface area contributed by atoms with Crippen LogP contribution in [0.4, 0.5) is 5.69 Å². The Morgan fingerprint density at radius 2 is 1.83 bits per heavy atom. The third kappa shape index (κ3) is 6.49. The third-order valence-corrected chi connectivity index (χ3v) is 3.83. The zero-order chi connectivity index (χ0) is 21.2. The van der Waals surface area contributed by atoms with Gasteiger partial charge in [-0.2, -0.15) is 0 Å². The Labute approximate surface area is 169 Å². The van der Waals surface area contributed by atoms with Gasteiger partial charge in [-0.05, 0) is 49.8 Å². The van der Waals surface area contributed by atoms with E-state index in [4.69, 9.17) is 14.2 Å². The number of nitrogens with one attached hydrogen (secondary N) is 1. The molecule has 0 aromatic heterocycles. The van der Waals surface area contributed by atoms with Crippen LogP contribution in [-0.2, 0) is 14.3 Å². The second-order valence-electron chi connectivity index (χ2n) is 5.93. The van der Waals surface area contributed by atoms with E-state index in [1.165, 1.54) is 20.1 Å². The van der Waals surface area contributed by atoms with Crippen LogP contribution < -0.4 is 14.8 Å². The van der Waals surface area contributed by atoms with Gasteiger partial charge < -0.3 is 19.5 Å². The Kier molecular flexibility index (Phi) is 7.97. The predicted octanol–water partition coefficient (Wildman–Crippen LogP) is 3.49. The number of ether oxygens (including phenoxy) is 3. The maximum absolute atomic E-state index is 12.0. The van der Waals surface area contributed by atoms with Crippen molar-refractivity contribution in [2.45, 2.75) is 13.8 Å². The monoisotopic (exact) mass is 397 g/mol. The van der Waals surface area contributed by atoms with E-state index in [1.807, 2.05) is 6.92 Å². The van der Waals surface area contributed by atoms with Gasteiger partial charge >= 0.3 is 5.97 Å². The van der Waals surface area contributed by atoms with Gasteiger partial charge in [-0.25, -0.2) is 4.79 Å². The number of amides is 1. The molecular weight excluding hydrogens is 374 g/mol. The number of esters is 1. The fourth-order valence-electron chi connectivity index (χ4n) is 2.50. The zero-order valence-corrected chi connectivity index (χ0v) is 16.6. The van der Waals surface area contributed by atoms with Crippen LogP contribution in [0.15, 0.2) is 48.5 Å². The van der Waals surface area contributed by atoms with Gasteiger partial charge in [0, 0.05) is 11.6 Å². The number of Topliss-reactive ketones (excluding diaryl/α,β-unsaturated/α-hetero) is 1. The highest BCUT2D eigenvalue weighted by Crippen LogP contribution is 2.28. The lowest BCUT2D eigenvalue weighted by molar-refractivity contribution is -0.142. The molecule has 1 N–H and O–H groups in total. The van der Waals surface area contributed by atoms with Crippen LogP contribution >= 0.6 is 0 Å². The largest absolute Gasteiger partial charge is 0.493 e. The van der Waals surface area contributed by atoms with E-state index in [0.717, 1.165) is 0 Å². The van der Waals surface area contributed by atoms with E-state index in [9.17, 15) is 14.4 Å². The highest BCUT2D eigenvalue weighted by atomic mass is 16.5. The van der Waals surface area contributed by atoms with E-state index in [0.29, 0.717) is 34.9 Å². The van der Waals surface area contributed by atoms with Gasteiger partial charge in [0.2, 0.25) is 0 Å². The molecule has 7 heteroatoms. The van der Waals surface area contributed by atoms with E-state index < -0.39 is 18.5 Å². The molecule has 0 aliphatic rings. The van der Waals surface area contributed by atoms with Crippen molar-refractivity contribution in [3.05, 3.63) is 59.7 Å². The van der Waals surface area contributed by atoms with Crippen molar-refractivity contribution in [2.75, 3.05) is 25.6 Å². The van der Waals surface area contributed by atoms with Crippen LogP contribution in [0, 0.1) is 0 Å². The Morgan fingerprint density at radius 3 is 2.52 bits per heavy atom. The van der Waals surface area contributed by atoms with Gasteiger partial charge in [0.05, 0.1) is 19.4 Å². The molecule has 0 saturated heterocycles. The summed E-state index contributed by atoms with van der Waals surface area (Å²) in [5.74, 6) is -0.231. The lowest BCUT2D eigenvalue weighted by atomic mass is 10.1. The molecular formula is C22H23NO6. The maximum atomic E-state index is 12.0. The summed E-state index contributed by atoms with van der Waals surface area (Å²) in [7, 11) is 1.53. The third-order valence-electron chi connectivity index (χ3n) is 3.83. The number of benzene rings is 2. The average Bonchev–Trinajstić information content (AvgIpc) is 2.71. The molecule has 7 nitrogen and oxygen atoms in total. The first kappa shape index (κ1) is 21.7. The highest BCUT2D eigenvalue weighted by molar-refractivity contribution is 6.04. The number of hydrogen-bond acceptors (Lipinski definition) is 6.